The van der Waals surface area contributed by atoms with E-state index in [0.29, 0.717) is 30.9 Å². The lowest BCUT2D eigenvalue weighted by Gasteiger charge is -2.33. The monoisotopic (exact) mass is 463 g/mol. The zero-order valence-corrected chi connectivity index (χ0v) is 18.7. The Labute approximate surface area is 194 Å². The molecule has 4 heterocycles. The number of nitrogens with one attached hydrogen (secondary N) is 1. The number of carbonyl (C=O) groups excluding carboxylic acids is 2. The third kappa shape index (κ3) is 3.67. The van der Waals surface area contributed by atoms with Crippen molar-refractivity contribution in [3.63, 3.8) is 0 Å². The van der Waals surface area contributed by atoms with E-state index in [2.05, 4.69) is 10.5 Å². The third-order valence-corrected chi connectivity index (χ3v) is 6.39. The fraction of sp³-hybridized carbons (Fsp3) is 0.348. The van der Waals surface area contributed by atoms with Gasteiger partial charge < -0.3 is 19.6 Å². The number of amides is 3. The highest BCUT2D eigenvalue weighted by atomic mass is 19.1. The van der Waals surface area contributed by atoms with Crippen LogP contribution in [0.25, 0.3) is 0 Å². The molecule has 0 fully saturated rings. The van der Waals surface area contributed by atoms with E-state index in [0.717, 1.165) is 23.0 Å². The molecule has 1 aromatic carbocycles. The maximum atomic E-state index is 13.6. The quantitative estimate of drug-likeness (QED) is 0.624. The number of fused-ring (bicyclic) bond motifs is 3. The number of aromatic nitrogens is 3. The van der Waals surface area contributed by atoms with Crippen LogP contribution in [0.4, 0.5) is 14.9 Å². The Morgan fingerprint density at radius 1 is 1.32 bits per heavy atom. The zero-order chi connectivity index (χ0) is 24.0. The van der Waals surface area contributed by atoms with Crippen molar-refractivity contribution in [1.82, 2.24) is 24.7 Å². The standard InChI is InChI=1S/C23H22FN7O3/c1-13-7-20-17(12-30(13)23(33)26-16-3-4-18(24)14(8-16)9-25)21-22(32)29(2)10-15(11-31(21)27-20)19-5-6-34-28-19/h3-6,8,13,15H,7,10-12H2,1-2H3,(H,26,33)/t13-,15+/m1/s1. The van der Waals surface area contributed by atoms with E-state index in [1.54, 1.807) is 33.7 Å². The molecule has 2 atom stereocenters. The summed E-state index contributed by atoms with van der Waals surface area (Å²) in [5.41, 5.74) is 2.92. The summed E-state index contributed by atoms with van der Waals surface area (Å²) in [5.74, 6) is -0.877. The van der Waals surface area contributed by atoms with Crippen molar-refractivity contribution >= 4 is 17.6 Å². The van der Waals surface area contributed by atoms with Crippen LogP contribution in [0.3, 0.4) is 0 Å². The van der Waals surface area contributed by atoms with Crippen LogP contribution in [0.15, 0.2) is 35.1 Å². The summed E-state index contributed by atoms with van der Waals surface area (Å²) in [7, 11) is 1.74. The molecule has 2 aliphatic heterocycles. The maximum Gasteiger partial charge on any atom is 0.322 e. The number of likely N-dealkylation sites (N-methyl/N-ethyl adjacent to an activating group) is 1. The average molecular weight is 463 g/mol. The van der Waals surface area contributed by atoms with Gasteiger partial charge in [-0.2, -0.15) is 10.4 Å². The zero-order valence-electron chi connectivity index (χ0n) is 18.7. The van der Waals surface area contributed by atoms with Gasteiger partial charge in [0.2, 0.25) is 0 Å². The molecule has 5 rings (SSSR count). The number of hydrogen-bond acceptors (Lipinski definition) is 6. The van der Waals surface area contributed by atoms with Crippen LogP contribution in [0, 0.1) is 17.1 Å². The molecular weight excluding hydrogens is 441 g/mol. The van der Waals surface area contributed by atoms with Crippen molar-refractivity contribution in [3.8, 4) is 6.07 Å². The van der Waals surface area contributed by atoms with Crippen LogP contribution in [-0.2, 0) is 19.5 Å². The fourth-order valence-electron chi connectivity index (χ4n) is 4.60. The first-order valence-corrected chi connectivity index (χ1v) is 10.9. The summed E-state index contributed by atoms with van der Waals surface area (Å²) in [4.78, 5) is 29.6. The van der Waals surface area contributed by atoms with Gasteiger partial charge in [0.05, 0.1) is 30.0 Å². The molecule has 0 unspecified atom stereocenters. The highest BCUT2D eigenvalue weighted by Gasteiger charge is 2.37. The van der Waals surface area contributed by atoms with Gasteiger partial charge in [-0.15, -0.1) is 0 Å². The second-order valence-electron chi connectivity index (χ2n) is 8.68. The molecule has 174 valence electrons. The van der Waals surface area contributed by atoms with Gasteiger partial charge in [0.25, 0.3) is 5.91 Å². The van der Waals surface area contributed by atoms with Gasteiger partial charge in [-0.1, -0.05) is 5.16 Å². The smallest absolute Gasteiger partial charge is 0.322 e. The van der Waals surface area contributed by atoms with E-state index in [1.165, 1.54) is 18.4 Å². The first kappa shape index (κ1) is 21.6. The molecule has 10 nitrogen and oxygen atoms in total. The summed E-state index contributed by atoms with van der Waals surface area (Å²) >= 11 is 0. The molecule has 0 saturated carbocycles. The molecule has 11 heteroatoms. The summed E-state index contributed by atoms with van der Waals surface area (Å²) < 4.78 is 20.4. The van der Waals surface area contributed by atoms with Crippen LogP contribution >= 0.6 is 0 Å². The topological polar surface area (TPSA) is 120 Å². The normalized spacial score (nSPS) is 19.8. The predicted molar refractivity (Wildman–Crippen MR) is 117 cm³/mol. The van der Waals surface area contributed by atoms with Gasteiger partial charge in [-0.3, -0.25) is 9.48 Å². The van der Waals surface area contributed by atoms with Gasteiger partial charge in [0.15, 0.2) is 0 Å². The number of carbonyl (C=O) groups is 2. The highest BCUT2D eigenvalue weighted by molar-refractivity contribution is 5.95. The maximum absolute atomic E-state index is 13.6. The van der Waals surface area contributed by atoms with Gasteiger partial charge in [-0.05, 0) is 25.1 Å². The number of rotatable bonds is 2. The van der Waals surface area contributed by atoms with Crippen LogP contribution in [0.2, 0.25) is 0 Å². The number of nitriles is 1. The Kier molecular flexibility index (Phi) is 5.28. The third-order valence-electron chi connectivity index (χ3n) is 6.39. The van der Waals surface area contributed by atoms with E-state index >= 15 is 0 Å². The van der Waals surface area contributed by atoms with Crippen molar-refractivity contribution in [2.24, 2.45) is 0 Å². The second-order valence-corrected chi connectivity index (χ2v) is 8.68. The van der Waals surface area contributed by atoms with E-state index in [-0.39, 0.29) is 30.0 Å². The fourth-order valence-corrected chi connectivity index (χ4v) is 4.60. The lowest BCUT2D eigenvalue weighted by atomic mass is 9.99. The molecule has 2 aromatic heterocycles. The Morgan fingerprint density at radius 2 is 2.15 bits per heavy atom. The van der Waals surface area contributed by atoms with Crippen molar-refractivity contribution < 1.29 is 18.5 Å². The van der Waals surface area contributed by atoms with Gasteiger partial charge >= 0.3 is 6.03 Å². The van der Waals surface area contributed by atoms with Crippen LogP contribution in [0.1, 0.15) is 45.8 Å². The number of benzene rings is 1. The van der Waals surface area contributed by atoms with Crippen LogP contribution in [0.5, 0.6) is 0 Å². The molecule has 3 amide bonds. The van der Waals surface area contributed by atoms with Crippen LogP contribution in [-0.4, -0.2) is 56.3 Å². The Balaban J connectivity index is 1.43. The molecule has 1 N–H and O–H groups in total. The second kappa shape index (κ2) is 8.30. The first-order chi connectivity index (χ1) is 16.4. The molecule has 0 bridgehead atoms. The molecule has 34 heavy (non-hydrogen) atoms. The molecule has 0 spiro atoms. The minimum atomic E-state index is -0.648. The van der Waals surface area contributed by atoms with Gasteiger partial charge in [-0.25, -0.2) is 9.18 Å². The summed E-state index contributed by atoms with van der Waals surface area (Å²) in [6, 6.07) is 6.82. The summed E-state index contributed by atoms with van der Waals surface area (Å²) in [5, 5.41) is 20.6. The Bertz CT molecular complexity index is 1310. The molecule has 3 aromatic rings. The Morgan fingerprint density at radius 3 is 2.88 bits per heavy atom. The van der Waals surface area contributed by atoms with Crippen molar-refractivity contribution in [2.45, 2.75) is 38.4 Å². The van der Waals surface area contributed by atoms with E-state index in [9.17, 15) is 14.0 Å². The van der Waals surface area contributed by atoms with Crippen LogP contribution < -0.4 is 5.32 Å². The van der Waals surface area contributed by atoms with Crippen molar-refractivity contribution in [2.75, 3.05) is 18.9 Å². The van der Waals surface area contributed by atoms with Crippen molar-refractivity contribution in [1.29, 1.82) is 5.26 Å². The Hall–Kier alpha value is -4.20. The minimum Gasteiger partial charge on any atom is -0.364 e. The summed E-state index contributed by atoms with van der Waals surface area (Å²) in [6.07, 6.45) is 2.00. The largest absolute Gasteiger partial charge is 0.364 e. The number of nitrogens with zero attached hydrogens (tertiary/aromatic N) is 6. The lowest BCUT2D eigenvalue weighted by Crippen LogP contribution is -2.45. The molecule has 0 saturated heterocycles. The van der Waals surface area contributed by atoms with Gasteiger partial charge in [0.1, 0.15) is 23.8 Å². The molecule has 0 radical (unpaired) electrons. The minimum absolute atomic E-state index is 0.0695. The van der Waals surface area contributed by atoms with E-state index < -0.39 is 11.8 Å². The SMILES string of the molecule is C[C@@H]1Cc2nn3c(c2CN1C(=O)Nc1ccc(F)c(C#N)c1)C(=O)N(C)C[C@H](c1ccon1)C3. The van der Waals surface area contributed by atoms with E-state index in [4.69, 9.17) is 14.9 Å². The highest BCUT2D eigenvalue weighted by Crippen LogP contribution is 2.31. The number of urea groups is 1. The molecule has 2 aliphatic rings. The predicted octanol–water partition coefficient (Wildman–Crippen LogP) is 2.73. The van der Waals surface area contributed by atoms with Crippen molar-refractivity contribution in [3.05, 3.63) is 64.6 Å². The van der Waals surface area contributed by atoms with E-state index in [1.807, 2.05) is 6.92 Å². The number of hydrogen-bond donors (Lipinski definition) is 1. The first-order valence-electron chi connectivity index (χ1n) is 10.9. The average Bonchev–Trinajstić information content (AvgIpc) is 3.44. The molecule has 0 aliphatic carbocycles. The summed E-state index contributed by atoms with van der Waals surface area (Å²) in [6.45, 7) is 3.05. The lowest BCUT2D eigenvalue weighted by molar-refractivity contribution is 0.0787. The molecular formula is C23H22FN7O3. The number of anilines is 1. The number of halogens is 1. The van der Waals surface area contributed by atoms with Gasteiger partial charge in [0, 0.05) is 49.3 Å².